The predicted octanol–water partition coefficient (Wildman–Crippen LogP) is 4.77. The Morgan fingerprint density at radius 1 is 0.885 bits per heavy atom. The molecule has 2 rings (SSSR count). The standard InChI is InChI=1S/C19H20F3NO3/c1-17(2,3)23(16(24)25)15-11-9-14(10-12-15)18(26,19(20,21)22)13-7-5-4-6-8-13/h4-12,26H,1-3H3,(H,24,25). The van der Waals surface area contributed by atoms with Gasteiger partial charge in [0.25, 0.3) is 0 Å². The molecule has 2 N–H and O–H groups in total. The van der Waals surface area contributed by atoms with Crippen LogP contribution in [0.25, 0.3) is 0 Å². The van der Waals surface area contributed by atoms with E-state index in [0.717, 1.165) is 17.0 Å². The second kappa shape index (κ2) is 6.64. The molecular weight excluding hydrogens is 347 g/mol. The molecule has 0 aliphatic rings. The molecule has 0 aliphatic heterocycles. The smallest absolute Gasteiger partial charge is 0.425 e. The molecule has 4 nitrogen and oxygen atoms in total. The van der Waals surface area contributed by atoms with E-state index in [2.05, 4.69) is 0 Å². The molecule has 0 fully saturated rings. The summed E-state index contributed by atoms with van der Waals surface area (Å²) in [5.74, 6) is 0. The second-order valence-corrected chi connectivity index (χ2v) is 6.91. The fourth-order valence-corrected chi connectivity index (χ4v) is 2.81. The summed E-state index contributed by atoms with van der Waals surface area (Å²) in [4.78, 5) is 12.6. The molecule has 0 spiro atoms. The molecule has 7 heteroatoms. The third-order valence-electron chi connectivity index (χ3n) is 4.01. The number of benzene rings is 2. The highest BCUT2D eigenvalue weighted by Gasteiger charge is 2.56. The Bertz CT molecular complexity index is 767. The number of alkyl halides is 3. The summed E-state index contributed by atoms with van der Waals surface area (Å²) in [5, 5.41) is 19.9. The lowest BCUT2D eigenvalue weighted by Crippen LogP contribution is -2.45. The van der Waals surface area contributed by atoms with Crippen molar-refractivity contribution in [3.05, 3.63) is 65.7 Å². The summed E-state index contributed by atoms with van der Waals surface area (Å²) in [6.45, 7) is 5.02. The first-order chi connectivity index (χ1) is 11.9. The van der Waals surface area contributed by atoms with E-state index in [4.69, 9.17) is 0 Å². The molecule has 0 heterocycles. The lowest BCUT2D eigenvalue weighted by molar-refractivity contribution is -0.248. The van der Waals surface area contributed by atoms with Gasteiger partial charge in [0.2, 0.25) is 5.60 Å². The van der Waals surface area contributed by atoms with Crippen LogP contribution in [0.2, 0.25) is 0 Å². The van der Waals surface area contributed by atoms with Gasteiger partial charge in [0.1, 0.15) is 0 Å². The van der Waals surface area contributed by atoms with Crippen molar-refractivity contribution in [3.63, 3.8) is 0 Å². The quantitative estimate of drug-likeness (QED) is 0.822. The Balaban J connectivity index is 2.55. The molecule has 1 unspecified atom stereocenters. The Morgan fingerprint density at radius 3 is 1.73 bits per heavy atom. The number of halogens is 3. The molecule has 0 saturated carbocycles. The summed E-state index contributed by atoms with van der Waals surface area (Å²) in [6, 6.07) is 11.5. The Kier molecular flexibility index (Phi) is 5.05. The van der Waals surface area contributed by atoms with Gasteiger partial charge >= 0.3 is 12.3 Å². The van der Waals surface area contributed by atoms with E-state index >= 15 is 0 Å². The molecule has 2 aromatic carbocycles. The van der Waals surface area contributed by atoms with Crippen molar-refractivity contribution in [2.45, 2.75) is 38.1 Å². The zero-order valence-corrected chi connectivity index (χ0v) is 14.6. The third kappa shape index (κ3) is 3.53. The van der Waals surface area contributed by atoms with Gasteiger partial charge < -0.3 is 10.2 Å². The van der Waals surface area contributed by atoms with Crippen molar-refractivity contribution in [3.8, 4) is 0 Å². The molecule has 0 bridgehead atoms. The first-order valence-corrected chi connectivity index (χ1v) is 7.87. The highest BCUT2D eigenvalue weighted by Crippen LogP contribution is 2.44. The summed E-state index contributed by atoms with van der Waals surface area (Å²) < 4.78 is 41.1. The summed E-state index contributed by atoms with van der Waals surface area (Å²) >= 11 is 0. The van der Waals surface area contributed by atoms with Crippen LogP contribution in [-0.2, 0) is 5.60 Å². The minimum absolute atomic E-state index is 0.214. The molecule has 0 radical (unpaired) electrons. The molecule has 0 saturated heterocycles. The minimum atomic E-state index is -4.95. The van der Waals surface area contributed by atoms with Crippen LogP contribution >= 0.6 is 0 Å². The first kappa shape index (κ1) is 19.8. The van der Waals surface area contributed by atoms with E-state index < -0.39 is 23.4 Å². The van der Waals surface area contributed by atoms with Gasteiger partial charge in [-0.25, -0.2) is 4.79 Å². The van der Waals surface area contributed by atoms with Gasteiger partial charge in [-0.2, -0.15) is 13.2 Å². The fourth-order valence-electron chi connectivity index (χ4n) is 2.81. The molecule has 0 aliphatic carbocycles. The van der Waals surface area contributed by atoms with E-state index in [9.17, 15) is 28.2 Å². The van der Waals surface area contributed by atoms with Crippen LogP contribution in [0, 0.1) is 0 Å². The van der Waals surface area contributed by atoms with Crippen LogP contribution in [0.5, 0.6) is 0 Å². The molecule has 140 valence electrons. The predicted molar refractivity (Wildman–Crippen MR) is 92.2 cm³/mol. The number of amides is 1. The van der Waals surface area contributed by atoms with Gasteiger partial charge in [-0.3, -0.25) is 4.90 Å². The maximum Gasteiger partial charge on any atom is 0.425 e. The first-order valence-electron chi connectivity index (χ1n) is 7.87. The number of aliphatic hydroxyl groups is 1. The maximum atomic E-state index is 13.7. The zero-order chi connectivity index (χ0) is 19.8. The van der Waals surface area contributed by atoms with Gasteiger partial charge in [-0.15, -0.1) is 0 Å². The molecule has 1 atom stereocenters. The van der Waals surface area contributed by atoms with Crippen LogP contribution in [0.3, 0.4) is 0 Å². The Hall–Kier alpha value is -2.54. The van der Waals surface area contributed by atoms with E-state index in [0.29, 0.717) is 0 Å². The largest absolute Gasteiger partial charge is 0.465 e. The lowest BCUT2D eigenvalue weighted by Gasteiger charge is -2.34. The van der Waals surface area contributed by atoms with Crippen LogP contribution in [0.1, 0.15) is 31.9 Å². The van der Waals surface area contributed by atoms with Crippen molar-refractivity contribution in [1.82, 2.24) is 0 Å². The van der Waals surface area contributed by atoms with Crippen LogP contribution in [-0.4, -0.2) is 28.0 Å². The Morgan fingerprint density at radius 2 is 1.35 bits per heavy atom. The maximum absolute atomic E-state index is 13.7. The second-order valence-electron chi connectivity index (χ2n) is 6.91. The van der Waals surface area contributed by atoms with Crippen LogP contribution < -0.4 is 4.90 Å². The SMILES string of the molecule is CC(C)(C)N(C(=O)O)c1ccc(C(O)(c2ccccc2)C(F)(F)F)cc1. The van der Waals surface area contributed by atoms with Crippen molar-refractivity contribution in [2.75, 3.05) is 4.90 Å². The van der Waals surface area contributed by atoms with E-state index in [1.165, 1.54) is 36.4 Å². The van der Waals surface area contributed by atoms with Crippen molar-refractivity contribution in [2.24, 2.45) is 0 Å². The van der Waals surface area contributed by atoms with Crippen molar-refractivity contribution < 1.29 is 28.2 Å². The van der Waals surface area contributed by atoms with E-state index in [-0.39, 0.29) is 16.8 Å². The summed E-state index contributed by atoms with van der Waals surface area (Å²) in [5.41, 5.74) is -4.47. The lowest BCUT2D eigenvalue weighted by atomic mass is 9.85. The van der Waals surface area contributed by atoms with Gasteiger partial charge in [0.05, 0.1) is 0 Å². The number of anilines is 1. The summed E-state index contributed by atoms with van der Waals surface area (Å²) in [6.07, 6.45) is -6.17. The van der Waals surface area contributed by atoms with Crippen LogP contribution in [0.15, 0.2) is 54.6 Å². The normalized spacial score (nSPS) is 14.6. The molecule has 1 amide bonds. The van der Waals surface area contributed by atoms with Gasteiger partial charge in [-0.1, -0.05) is 42.5 Å². The highest BCUT2D eigenvalue weighted by atomic mass is 19.4. The molecular formula is C19H20F3NO3. The number of hydrogen-bond acceptors (Lipinski definition) is 2. The van der Waals surface area contributed by atoms with Crippen molar-refractivity contribution >= 4 is 11.8 Å². The minimum Gasteiger partial charge on any atom is -0.465 e. The van der Waals surface area contributed by atoms with E-state index in [1.54, 1.807) is 26.8 Å². The molecule has 26 heavy (non-hydrogen) atoms. The van der Waals surface area contributed by atoms with Crippen LogP contribution in [0.4, 0.5) is 23.7 Å². The fraction of sp³-hybridized carbons (Fsp3) is 0.316. The molecule has 2 aromatic rings. The number of hydrogen-bond donors (Lipinski definition) is 2. The number of carbonyl (C=O) groups is 1. The average molecular weight is 367 g/mol. The van der Waals surface area contributed by atoms with Gasteiger partial charge in [0, 0.05) is 11.2 Å². The number of nitrogens with zero attached hydrogens (tertiary/aromatic N) is 1. The average Bonchev–Trinajstić information content (AvgIpc) is 2.53. The van der Waals surface area contributed by atoms with Gasteiger partial charge in [-0.05, 0) is 44.0 Å². The zero-order valence-electron chi connectivity index (χ0n) is 14.6. The Labute approximate surface area is 149 Å². The van der Waals surface area contributed by atoms with Gasteiger partial charge in [0.15, 0.2) is 0 Å². The number of rotatable bonds is 3. The number of carboxylic acid groups (broad SMARTS) is 1. The topological polar surface area (TPSA) is 60.8 Å². The van der Waals surface area contributed by atoms with Crippen molar-refractivity contribution in [1.29, 1.82) is 0 Å². The summed E-state index contributed by atoms with van der Waals surface area (Å²) in [7, 11) is 0. The third-order valence-corrected chi connectivity index (χ3v) is 4.01. The molecule has 0 aromatic heterocycles. The monoisotopic (exact) mass is 367 g/mol. The van der Waals surface area contributed by atoms with E-state index in [1.807, 2.05) is 0 Å². The highest BCUT2D eigenvalue weighted by molar-refractivity contribution is 5.87.